The lowest BCUT2D eigenvalue weighted by Crippen LogP contribution is -2.43. The highest BCUT2D eigenvalue weighted by molar-refractivity contribution is 5.12. The van der Waals surface area contributed by atoms with Crippen LogP contribution < -0.4 is 5.32 Å². The van der Waals surface area contributed by atoms with Crippen molar-refractivity contribution in [2.24, 2.45) is 0 Å². The van der Waals surface area contributed by atoms with Crippen LogP contribution in [0.15, 0.2) is 12.4 Å². The Labute approximate surface area is 109 Å². The summed E-state index contributed by atoms with van der Waals surface area (Å²) in [6.45, 7) is 4.68. The Morgan fingerprint density at radius 2 is 1.94 bits per heavy atom. The van der Waals surface area contributed by atoms with E-state index in [2.05, 4.69) is 22.2 Å². The van der Waals surface area contributed by atoms with E-state index in [-0.39, 0.29) is 6.04 Å². The molecule has 4 nitrogen and oxygen atoms in total. The number of rotatable bonds is 4. The van der Waals surface area contributed by atoms with Crippen LogP contribution in [0.25, 0.3) is 0 Å². The SMILES string of the molecule is Cc1nccnc1C(C)NCC1(O)CCCCC1. The zero-order valence-electron chi connectivity index (χ0n) is 11.3. The maximum Gasteiger partial charge on any atom is 0.0782 e. The highest BCUT2D eigenvalue weighted by atomic mass is 16.3. The van der Waals surface area contributed by atoms with Crippen LogP contribution in [-0.4, -0.2) is 27.2 Å². The minimum Gasteiger partial charge on any atom is -0.389 e. The van der Waals surface area contributed by atoms with Crippen molar-refractivity contribution in [2.75, 3.05) is 6.54 Å². The van der Waals surface area contributed by atoms with Crippen molar-refractivity contribution in [3.63, 3.8) is 0 Å². The molecule has 1 aliphatic rings. The molecule has 1 unspecified atom stereocenters. The zero-order valence-corrected chi connectivity index (χ0v) is 11.3. The lowest BCUT2D eigenvalue weighted by atomic mass is 9.84. The van der Waals surface area contributed by atoms with E-state index in [0.29, 0.717) is 6.54 Å². The maximum atomic E-state index is 10.4. The first-order chi connectivity index (χ1) is 8.61. The molecule has 18 heavy (non-hydrogen) atoms. The molecule has 2 rings (SSSR count). The molecule has 1 atom stereocenters. The van der Waals surface area contributed by atoms with Gasteiger partial charge in [-0.2, -0.15) is 0 Å². The Hall–Kier alpha value is -1.00. The Balaban J connectivity index is 1.92. The first-order valence-electron chi connectivity index (χ1n) is 6.84. The van der Waals surface area contributed by atoms with E-state index in [1.54, 1.807) is 12.4 Å². The fourth-order valence-electron chi connectivity index (χ4n) is 2.67. The van der Waals surface area contributed by atoms with Crippen molar-refractivity contribution in [1.82, 2.24) is 15.3 Å². The number of nitrogens with zero attached hydrogens (tertiary/aromatic N) is 2. The molecule has 1 aromatic heterocycles. The minimum atomic E-state index is -0.525. The molecule has 0 amide bonds. The summed E-state index contributed by atoms with van der Waals surface area (Å²) < 4.78 is 0. The summed E-state index contributed by atoms with van der Waals surface area (Å²) in [4.78, 5) is 8.61. The van der Waals surface area contributed by atoms with Gasteiger partial charge in [-0.05, 0) is 26.7 Å². The molecule has 0 radical (unpaired) electrons. The fraction of sp³-hybridized carbons (Fsp3) is 0.714. The average molecular weight is 249 g/mol. The van der Waals surface area contributed by atoms with Crippen LogP contribution in [-0.2, 0) is 0 Å². The van der Waals surface area contributed by atoms with Crippen LogP contribution in [0.5, 0.6) is 0 Å². The third kappa shape index (κ3) is 3.27. The van der Waals surface area contributed by atoms with Gasteiger partial charge >= 0.3 is 0 Å². The van der Waals surface area contributed by atoms with Gasteiger partial charge in [-0.3, -0.25) is 9.97 Å². The average Bonchev–Trinajstić information content (AvgIpc) is 2.38. The largest absolute Gasteiger partial charge is 0.389 e. The number of hydrogen-bond donors (Lipinski definition) is 2. The molecule has 4 heteroatoms. The van der Waals surface area contributed by atoms with Crippen LogP contribution in [0.4, 0.5) is 0 Å². The Kier molecular flexibility index (Phi) is 4.30. The minimum absolute atomic E-state index is 0.129. The van der Waals surface area contributed by atoms with E-state index in [9.17, 15) is 5.11 Å². The van der Waals surface area contributed by atoms with Gasteiger partial charge in [0.15, 0.2) is 0 Å². The summed E-state index contributed by atoms with van der Waals surface area (Å²) >= 11 is 0. The lowest BCUT2D eigenvalue weighted by molar-refractivity contribution is 0.00289. The maximum absolute atomic E-state index is 10.4. The summed E-state index contributed by atoms with van der Waals surface area (Å²) in [5, 5.41) is 13.8. The molecule has 0 saturated heterocycles. The van der Waals surface area contributed by atoms with Gasteiger partial charge in [0.2, 0.25) is 0 Å². The summed E-state index contributed by atoms with van der Waals surface area (Å²) in [6, 6.07) is 0.129. The van der Waals surface area contributed by atoms with Gasteiger partial charge in [0.25, 0.3) is 0 Å². The van der Waals surface area contributed by atoms with Crippen LogP contribution >= 0.6 is 0 Å². The quantitative estimate of drug-likeness (QED) is 0.858. The van der Waals surface area contributed by atoms with Gasteiger partial charge in [0.05, 0.1) is 17.0 Å². The predicted molar refractivity (Wildman–Crippen MR) is 71.2 cm³/mol. The van der Waals surface area contributed by atoms with Gasteiger partial charge < -0.3 is 10.4 Å². The third-order valence-electron chi connectivity index (χ3n) is 3.85. The van der Waals surface area contributed by atoms with Crippen LogP contribution in [0, 0.1) is 6.92 Å². The zero-order chi connectivity index (χ0) is 13.0. The van der Waals surface area contributed by atoms with E-state index in [1.165, 1.54) is 6.42 Å². The number of aryl methyl sites for hydroxylation is 1. The molecule has 0 spiro atoms. The second-order valence-corrected chi connectivity index (χ2v) is 5.41. The molecule has 100 valence electrons. The molecule has 1 heterocycles. The standard InChI is InChI=1S/C14H23N3O/c1-11-13(16-9-8-15-11)12(2)17-10-14(18)6-4-3-5-7-14/h8-9,12,17-18H,3-7,10H2,1-2H3. The van der Waals surface area contributed by atoms with Crippen molar-refractivity contribution < 1.29 is 5.11 Å². The summed E-state index contributed by atoms with van der Waals surface area (Å²) in [7, 11) is 0. The highest BCUT2D eigenvalue weighted by Crippen LogP contribution is 2.28. The molecule has 0 bridgehead atoms. The Bertz CT molecular complexity index is 388. The van der Waals surface area contributed by atoms with Crippen molar-refractivity contribution in [3.8, 4) is 0 Å². The second-order valence-electron chi connectivity index (χ2n) is 5.41. The molecule has 1 saturated carbocycles. The highest BCUT2D eigenvalue weighted by Gasteiger charge is 2.29. The van der Waals surface area contributed by atoms with E-state index in [4.69, 9.17) is 0 Å². The third-order valence-corrected chi connectivity index (χ3v) is 3.85. The van der Waals surface area contributed by atoms with Crippen molar-refractivity contribution >= 4 is 0 Å². The summed E-state index contributed by atoms with van der Waals surface area (Å²) in [5.74, 6) is 0. The van der Waals surface area contributed by atoms with Gasteiger partial charge in [-0.1, -0.05) is 19.3 Å². The summed E-state index contributed by atoms with van der Waals surface area (Å²) in [5.41, 5.74) is 1.40. The van der Waals surface area contributed by atoms with Gasteiger partial charge in [-0.25, -0.2) is 0 Å². The van der Waals surface area contributed by atoms with E-state index in [1.807, 2.05) is 6.92 Å². The second kappa shape index (κ2) is 5.76. The molecule has 1 aromatic rings. The summed E-state index contributed by atoms with van der Waals surface area (Å²) in [6.07, 6.45) is 8.77. The van der Waals surface area contributed by atoms with Gasteiger partial charge in [0.1, 0.15) is 0 Å². The smallest absolute Gasteiger partial charge is 0.0782 e. The van der Waals surface area contributed by atoms with Crippen molar-refractivity contribution in [2.45, 2.75) is 57.6 Å². The fourth-order valence-corrected chi connectivity index (χ4v) is 2.67. The number of hydrogen-bond acceptors (Lipinski definition) is 4. The molecule has 0 aliphatic heterocycles. The van der Waals surface area contributed by atoms with Crippen molar-refractivity contribution in [3.05, 3.63) is 23.8 Å². The van der Waals surface area contributed by atoms with Crippen LogP contribution in [0.3, 0.4) is 0 Å². The normalized spacial score (nSPS) is 20.6. The molecular formula is C14H23N3O. The number of aromatic nitrogens is 2. The lowest BCUT2D eigenvalue weighted by Gasteiger charge is -2.33. The first kappa shape index (κ1) is 13.4. The van der Waals surface area contributed by atoms with E-state index in [0.717, 1.165) is 37.1 Å². The van der Waals surface area contributed by atoms with Crippen LogP contribution in [0.2, 0.25) is 0 Å². The Morgan fingerprint density at radius 3 is 2.61 bits per heavy atom. The van der Waals surface area contributed by atoms with E-state index >= 15 is 0 Å². The van der Waals surface area contributed by atoms with Gasteiger partial charge in [-0.15, -0.1) is 0 Å². The monoisotopic (exact) mass is 249 g/mol. The Morgan fingerprint density at radius 1 is 1.28 bits per heavy atom. The molecule has 0 aromatic carbocycles. The predicted octanol–water partition coefficient (Wildman–Crippen LogP) is 2.13. The first-order valence-corrected chi connectivity index (χ1v) is 6.84. The number of aliphatic hydroxyl groups is 1. The molecule has 1 fully saturated rings. The molecule has 2 N–H and O–H groups in total. The van der Waals surface area contributed by atoms with Crippen molar-refractivity contribution in [1.29, 1.82) is 0 Å². The topological polar surface area (TPSA) is 58.0 Å². The van der Waals surface area contributed by atoms with E-state index < -0.39 is 5.60 Å². The number of nitrogens with one attached hydrogen (secondary N) is 1. The van der Waals surface area contributed by atoms with Crippen LogP contribution in [0.1, 0.15) is 56.5 Å². The molecular weight excluding hydrogens is 226 g/mol. The van der Waals surface area contributed by atoms with Gasteiger partial charge in [0, 0.05) is 25.0 Å². The molecule has 1 aliphatic carbocycles.